The largest absolute Gasteiger partial charge is 0.496 e. The van der Waals surface area contributed by atoms with Crippen molar-refractivity contribution in [2.24, 2.45) is 0 Å². The number of hydrogen-bond donors (Lipinski definition) is 1. The number of halogens is 1. The van der Waals surface area contributed by atoms with Crippen molar-refractivity contribution in [3.8, 4) is 5.75 Å². The van der Waals surface area contributed by atoms with Crippen LogP contribution in [0, 0.1) is 0 Å². The molecule has 2 heterocycles. The molecule has 1 fully saturated rings. The number of aromatic nitrogens is 2. The van der Waals surface area contributed by atoms with E-state index in [2.05, 4.69) is 19.8 Å². The van der Waals surface area contributed by atoms with Crippen LogP contribution >= 0.6 is 11.6 Å². The van der Waals surface area contributed by atoms with E-state index in [1.165, 1.54) is 26.4 Å². The number of hydrogen-bond acceptors (Lipinski definition) is 4. The Morgan fingerprint density at radius 2 is 1.93 bits per heavy atom. The van der Waals surface area contributed by atoms with Gasteiger partial charge in [-0.15, -0.1) is 0 Å². The van der Waals surface area contributed by atoms with Gasteiger partial charge in [0.15, 0.2) is 0 Å². The Balaban J connectivity index is 1.61. The van der Waals surface area contributed by atoms with Crippen LogP contribution in [0.25, 0.3) is 11.0 Å². The Morgan fingerprint density at radius 1 is 1.14 bits per heavy atom. The predicted molar refractivity (Wildman–Crippen MR) is 116 cm³/mol. The van der Waals surface area contributed by atoms with Crippen LogP contribution in [0.1, 0.15) is 29.6 Å². The maximum absolute atomic E-state index is 13.0. The molecular formula is C22H25ClN4O2. The van der Waals surface area contributed by atoms with Crippen molar-refractivity contribution in [2.75, 3.05) is 32.1 Å². The number of fused-ring (bicyclic) bond motifs is 1. The third-order valence-corrected chi connectivity index (χ3v) is 5.61. The first-order valence-corrected chi connectivity index (χ1v) is 10.4. The van der Waals surface area contributed by atoms with Crippen LogP contribution in [0.5, 0.6) is 5.75 Å². The smallest absolute Gasteiger partial charge is 0.261 e. The summed E-state index contributed by atoms with van der Waals surface area (Å²) in [7, 11) is 1.54. The van der Waals surface area contributed by atoms with Gasteiger partial charge in [0.2, 0.25) is 5.95 Å². The molecule has 1 aromatic heterocycles. The second-order valence-electron chi connectivity index (χ2n) is 7.28. The number of imidazole rings is 1. The van der Waals surface area contributed by atoms with Crippen LogP contribution in [-0.4, -0.2) is 47.1 Å². The number of benzene rings is 2. The highest BCUT2D eigenvalue weighted by Crippen LogP contribution is 2.25. The minimum absolute atomic E-state index is 0.293. The molecule has 0 radical (unpaired) electrons. The number of ether oxygens (including phenoxy) is 1. The molecule has 2 aromatic carbocycles. The van der Waals surface area contributed by atoms with E-state index >= 15 is 0 Å². The summed E-state index contributed by atoms with van der Waals surface area (Å²) in [6, 6.07) is 12.9. The maximum Gasteiger partial charge on any atom is 0.261 e. The quantitative estimate of drug-likeness (QED) is 0.650. The normalized spacial score (nSPS) is 14.8. The van der Waals surface area contributed by atoms with Crippen LogP contribution < -0.4 is 10.1 Å². The summed E-state index contributed by atoms with van der Waals surface area (Å²) < 4.78 is 7.40. The van der Waals surface area contributed by atoms with Gasteiger partial charge in [-0.05, 0) is 56.3 Å². The zero-order valence-electron chi connectivity index (χ0n) is 16.5. The molecule has 152 valence electrons. The fraction of sp³-hybridized carbons (Fsp3) is 0.364. The van der Waals surface area contributed by atoms with E-state index in [0.717, 1.165) is 37.2 Å². The van der Waals surface area contributed by atoms with Gasteiger partial charge in [0.05, 0.1) is 23.7 Å². The molecule has 0 saturated carbocycles. The first-order chi connectivity index (χ1) is 14.2. The zero-order valence-corrected chi connectivity index (χ0v) is 17.3. The summed E-state index contributed by atoms with van der Waals surface area (Å²) >= 11 is 6.09. The van der Waals surface area contributed by atoms with Crippen LogP contribution in [0.3, 0.4) is 0 Å². The first kappa shape index (κ1) is 19.7. The van der Waals surface area contributed by atoms with Crippen molar-refractivity contribution in [3.05, 3.63) is 53.1 Å². The van der Waals surface area contributed by atoms with Crippen molar-refractivity contribution in [1.82, 2.24) is 14.5 Å². The van der Waals surface area contributed by atoms with Crippen molar-refractivity contribution in [2.45, 2.75) is 25.8 Å². The van der Waals surface area contributed by atoms with E-state index in [9.17, 15) is 4.79 Å². The summed E-state index contributed by atoms with van der Waals surface area (Å²) in [5.74, 6) is 0.719. The third kappa shape index (κ3) is 4.38. The molecule has 1 aliphatic heterocycles. The highest BCUT2D eigenvalue weighted by atomic mass is 35.5. The second kappa shape index (κ2) is 8.84. The fourth-order valence-electron chi connectivity index (χ4n) is 3.85. The van der Waals surface area contributed by atoms with Gasteiger partial charge in [0.25, 0.3) is 5.91 Å². The number of piperidine rings is 1. The van der Waals surface area contributed by atoms with E-state index < -0.39 is 0 Å². The minimum atomic E-state index is -0.293. The number of para-hydroxylation sites is 2. The Labute approximate surface area is 175 Å². The van der Waals surface area contributed by atoms with Gasteiger partial charge >= 0.3 is 0 Å². The number of carbonyl (C=O) groups is 1. The third-order valence-electron chi connectivity index (χ3n) is 5.37. The van der Waals surface area contributed by atoms with Gasteiger partial charge in [-0.3, -0.25) is 10.1 Å². The summed E-state index contributed by atoms with van der Waals surface area (Å²) in [5, 5.41) is 3.44. The number of anilines is 1. The maximum atomic E-state index is 13.0. The van der Waals surface area contributed by atoms with Crippen molar-refractivity contribution >= 4 is 34.5 Å². The van der Waals surface area contributed by atoms with Crippen LogP contribution in [0.2, 0.25) is 5.02 Å². The van der Waals surface area contributed by atoms with Gasteiger partial charge in [0, 0.05) is 18.1 Å². The first-order valence-electron chi connectivity index (χ1n) is 9.98. The average Bonchev–Trinajstić information content (AvgIpc) is 3.09. The SMILES string of the molecule is COc1ccc(Cl)cc1C(=O)Nc1nc2ccccc2n1CCN1CCCCC1. The molecule has 0 atom stereocenters. The van der Waals surface area contributed by atoms with E-state index in [0.29, 0.717) is 22.3 Å². The molecule has 29 heavy (non-hydrogen) atoms. The van der Waals surface area contributed by atoms with E-state index in [-0.39, 0.29) is 5.91 Å². The van der Waals surface area contributed by atoms with Crippen molar-refractivity contribution < 1.29 is 9.53 Å². The zero-order chi connectivity index (χ0) is 20.2. The minimum Gasteiger partial charge on any atom is -0.496 e. The van der Waals surface area contributed by atoms with Gasteiger partial charge in [-0.1, -0.05) is 30.2 Å². The molecule has 1 N–H and O–H groups in total. The monoisotopic (exact) mass is 412 g/mol. The molecule has 1 amide bonds. The highest BCUT2D eigenvalue weighted by molar-refractivity contribution is 6.31. The molecule has 6 nitrogen and oxygen atoms in total. The van der Waals surface area contributed by atoms with E-state index in [1.54, 1.807) is 18.2 Å². The van der Waals surface area contributed by atoms with Gasteiger partial charge in [-0.25, -0.2) is 4.98 Å². The molecule has 0 bridgehead atoms. The number of amides is 1. The van der Waals surface area contributed by atoms with Crippen LogP contribution in [0.4, 0.5) is 5.95 Å². The van der Waals surface area contributed by atoms with Crippen molar-refractivity contribution in [3.63, 3.8) is 0 Å². The van der Waals surface area contributed by atoms with Gasteiger partial charge in [0.1, 0.15) is 5.75 Å². The highest BCUT2D eigenvalue weighted by Gasteiger charge is 2.18. The van der Waals surface area contributed by atoms with E-state index in [4.69, 9.17) is 16.3 Å². The standard InChI is InChI=1S/C22H25ClN4O2/c1-29-20-10-9-16(23)15-17(20)21(28)25-22-24-18-7-3-4-8-19(18)27(22)14-13-26-11-5-2-6-12-26/h3-4,7-10,15H,2,5-6,11-14H2,1H3,(H,24,25,28). The second-order valence-corrected chi connectivity index (χ2v) is 7.71. The summed E-state index contributed by atoms with van der Waals surface area (Å²) in [4.78, 5) is 20.1. The van der Waals surface area contributed by atoms with Crippen LogP contribution in [0.15, 0.2) is 42.5 Å². The Bertz CT molecular complexity index is 1010. The molecule has 3 aromatic rings. The molecule has 4 rings (SSSR count). The molecule has 7 heteroatoms. The van der Waals surface area contributed by atoms with Crippen molar-refractivity contribution in [1.29, 1.82) is 0 Å². The van der Waals surface area contributed by atoms with Gasteiger partial charge in [-0.2, -0.15) is 0 Å². The fourth-order valence-corrected chi connectivity index (χ4v) is 4.02. The topological polar surface area (TPSA) is 59.4 Å². The summed E-state index contributed by atoms with van der Waals surface area (Å²) in [6.07, 6.45) is 3.82. The summed E-state index contributed by atoms with van der Waals surface area (Å²) in [5.41, 5.74) is 2.26. The molecule has 0 aliphatic carbocycles. The Morgan fingerprint density at radius 3 is 2.72 bits per heavy atom. The number of carbonyl (C=O) groups excluding carboxylic acids is 1. The number of likely N-dealkylation sites (tertiary alicyclic amines) is 1. The van der Waals surface area contributed by atoms with Gasteiger partial charge < -0.3 is 14.2 Å². The number of nitrogens with zero attached hydrogens (tertiary/aromatic N) is 3. The molecule has 0 unspecified atom stereocenters. The summed E-state index contributed by atoms with van der Waals surface area (Å²) in [6.45, 7) is 3.97. The predicted octanol–water partition coefficient (Wildman–Crippen LogP) is 4.44. The lowest BCUT2D eigenvalue weighted by Crippen LogP contribution is -2.32. The molecule has 1 aliphatic rings. The lowest BCUT2D eigenvalue weighted by molar-refractivity contribution is 0.102. The number of methoxy groups -OCH3 is 1. The molecule has 1 saturated heterocycles. The number of nitrogens with one attached hydrogen (secondary N) is 1. The van der Waals surface area contributed by atoms with E-state index in [1.807, 2.05) is 24.3 Å². The van der Waals surface area contributed by atoms with Crippen LogP contribution in [-0.2, 0) is 6.54 Å². The lowest BCUT2D eigenvalue weighted by atomic mass is 10.1. The average molecular weight is 413 g/mol. The number of rotatable bonds is 6. The molecular weight excluding hydrogens is 388 g/mol. The Hall–Kier alpha value is -2.57. The Kier molecular flexibility index (Phi) is 6.02. The molecule has 0 spiro atoms. The lowest BCUT2D eigenvalue weighted by Gasteiger charge is -2.26.